The van der Waals surface area contributed by atoms with Gasteiger partial charge in [-0.3, -0.25) is 4.98 Å². The van der Waals surface area contributed by atoms with E-state index in [1.807, 2.05) is 30.7 Å². The SMILES string of the molecule is CC.Cc1cc(C(C)(C)C)nn1-c1ccncc1. The molecule has 0 aliphatic carbocycles. The van der Waals surface area contributed by atoms with Gasteiger partial charge in [-0.15, -0.1) is 0 Å². The Balaban J connectivity index is 0.000000771. The molecule has 0 aliphatic heterocycles. The van der Waals surface area contributed by atoms with Crippen molar-refractivity contribution in [3.63, 3.8) is 0 Å². The monoisotopic (exact) mass is 245 g/mol. The molecule has 0 bridgehead atoms. The van der Waals surface area contributed by atoms with Crippen molar-refractivity contribution in [2.24, 2.45) is 0 Å². The zero-order chi connectivity index (χ0) is 13.8. The minimum absolute atomic E-state index is 0.0863. The summed E-state index contributed by atoms with van der Waals surface area (Å²) in [5.41, 5.74) is 3.41. The molecule has 3 heteroatoms. The molecule has 0 N–H and O–H groups in total. The highest BCUT2D eigenvalue weighted by Gasteiger charge is 2.18. The minimum Gasteiger partial charge on any atom is -0.265 e. The first-order valence-corrected chi connectivity index (χ1v) is 6.46. The van der Waals surface area contributed by atoms with Crippen LogP contribution in [0.3, 0.4) is 0 Å². The Morgan fingerprint density at radius 1 is 1.06 bits per heavy atom. The van der Waals surface area contributed by atoms with Gasteiger partial charge in [0.15, 0.2) is 0 Å². The van der Waals surface area contributed by atoms with Crippen molar-refractivity contribution in [1.29, 1.82) is 0 Å². The van der Waals surface area contributed by atoms with Gasteiger partial charge < -0.3 is 0 Å². The Kier molecular flexibility index (Phi) is 4.65. The van der Waals surface area contributed by atoms with E-state index in [-0.39, 0.29) is 5.41 Å². The van der Waals surface area contributed by atoms with Crippen LogP contribution >= 0.6 is 0 Å². The molecule has 0 saturated heterocycles. The van der Waals surface area contributed by atoms with Crippen LogP contribution < -0.4 is 0 Å². The number of rotatable bonds is 1. The van der Waals surface area contributed by atoms with E-state index in [0.717, 1.165) is 17.1 Å². The summed E-state index contributed by atoms with van der Waals surface area (Å²) in [5.74, 6) is 0. The summed E-state index contributed by atoms with van der Waals surface area (Å²) in [7, 11) is 0. The van der Waals surface area contributed by atoms with Gasteiger partial charge in [-0.25, -0.2) is 4.68 Å². The molecule has 0 amide bonds. The molecule has 3 nitrogen and oxygen atoms in total. The average Bonchev–Trinajstić information content (AvgIpc) is 2.75. The molecule has 98 valence electrons. The first-order chi connectivity index (χ1) is 8.48. The normalized spacial score (nSPS) is 10.8. The second-order valence-corrected chi connectivity index (χ2v) is 5.04. The van der Waals surface area contributed by atoms with Gasteiger partial charge in [0.05, 0.1) is 11.4 Å². The smallest absolute Gasteiger partial charge is 0.0685 e. The maximum Gasteiger partial charge on any atom is 0.0685 e. The molecule has 2 aromatic heterocycles. The van der Waals surface area contributed by atoms with Gasteiger partial charge in [-0.2, -0.15) is 5.10 Å². The van der Waals surface area contributed by atoms with Crippen LogP contribution in [0.2, 0.25) is 0 Å². The van der Waals surface area contributed by atoms with Gasteiger partial charge in [0.2, 0.25) is 0 Å². The summed E-state index contributed by atoms with van der Waals surface area (Å²) in [6.45, 7) is 12.6. The highest BCUT2D eigenvalue weighted by atomic mass is 15.3. The molecule has 18 heavy (non-hydrogen) atoms. The zero-order valence-corrected chi connectivity index (χ0v) is 12.2. The minimum atomic E-state index is 0.0863. The van der Waals surface area contributed by atoms with Gasteiger partial charge in [0.1, 0.15) is 0 Å². The lowest BCUT2D eigenvalue weighted by molar-refractivity contribution is 0.560. The number of nitrogens with zero attached hydrogens (tertiary/aromatic N) is 3. The maximum atomic E-state index is 4.64. The van der Waals surface area contributed by atoms with E-state index in [1.54, 1.807) is 12.4 Å². The van der Waals surface area contributed by atoms with Crippen LogP contribution in [0.1, 0.15) is 46.0 Å². The number of pyridine rings is 1. The lowest BCUT2D eigenvalue weighted by atomic mass is 9.92. The van der Waals surface area contributed by atoms with Gasteiger partial charge in [-0.05, 0) is 25.1 Å². The third-order valence-corrected chi connectivity index (χ3v) is 2.56. The van der Waals surface area contributed by atoms with Crippen LogP contribution in [-0.2, 0) is 5.41 Å². The molecular weight excluding hydrogens is 222 g/mol. The van der Waals surface area contributed by atoms with Gasteiger partial charge in [0, 0.05) is 23.5 Å². The predicted octanol–water partition coefficient (Wildman–Crippen LogP) is 3.90. The van der Waals surface area contributed by atoms with E-state index < -0.39 is 0 Å². The van der Waals surface area contributed by atoms with E-state index in [9.17, 15) is 0 Å². The van der Waals surface area contributed by atoms with Crippen molar-refractivity contribution in [1.82, 2.24) is 14.8 Å². The standard InChI is InChI=1S/C13H17N3.C2H6/c1-10-9-12(13(2,3)4)15-16(10)11-5-7-14-8-6-11;1-2/h5-9H,1-4H3;1-2H3. The van der Waals surface area contributed by atoms with Gasteiger partial charge >= 0.3 is 0 Å². The topological polar surface area (TPSA) is 30.7 Å². The van der Waals surface area contributed by atoms with E-state index >= 15 is 0 Å². The second kappa shape index (κ2) is 5.80. The molecule has 0 fully saturated rings. The molecule has 0 radical (unpaired) electrons. The molecule has 0 unspecified atom stereocenters. The molecule has 0 aromatic carbocycles. The van der Waals surface area contributed by atoms with Crippen molar-refractivity contribution < 1.29 is 0 Å². The molecule has 2 rings (SSSR count). The fourth-order valence-corrected chi connectivity index (χ4v) is 1.59. The summed E-state index contributed by atoms with van der Waals surface area (Å²) in [6.07, 6.45) is 3.57. The summed E-state index contributed by atoms with van der Waals surface area (Å²) in [6, 6.07) is 6.07. The summed E-state index contributed by atoms with van der Waals surface area (Å²) >= 11 is 0. The maximum absolute atomic E-state index is 4.64. The lowest BCUT2D eigenvalue weighted by Crippen LogP contribution is -2.12. The summed E-state index contributed by atoms with van der Waals surface area (Å²) in [5, 5.41) is 4.64. The third-order valence-electron chi connectivity index (χ3n) is 2.56. The molecule has 0 saturated carbocycles. The highest BCUT2D eigenvalue weighted by Crippen LogP contribution is 2.22. The number of aryl methyl sites for hydroxylation is 1. The fraction of sp³-hybridized carbons (Fsp3) is 0.467. The van der Waals surface area contributed by atoms with Crippen LogP contribution in [0.15, 0.2) is 30.6 Å². The molecular formula is C15H23N3. The van der Waals surface area contributed by atoms with E-state index in [4.69, 9.17) is 0 Å². The molecule has 0 aliphatic rings. The molecule has 0 atom stereocenters. The number of aromatic nitrogens is 3. The Morgan fingerprint density at radius 3 is 2.06 bits per heavy atom. The van der Waals surface area contributed by atoms with Crippen molar-refractivity contribution in [2.45, 2.75) is 47.0 Å². The third kappa shape index (κ3) is 3.19. The van der Waals surface area contributed by atoms with Crippen molar-refractivity contribution in [3.05, 3.63) is 42.0 Å². The molecule has 0 spiro atoms. The fourth-order valence-electron chi connectivity index (χ4n) is 1.59. The lowest BCUT2D eigenvalue weighted by Gasteiger charge is -2.14. The predicted molar refractivity (Wildman–Crippen MR) is 76.1 cm³/mol. The Labute approximate surface area is 110 Å². The largest absolute Gasteiger partial charge is 0.265 e. The van der Waals surface area contributed by atoms with E-state index in [0.29, 0.717) is 0 Å². The van der Waals surface area contributed by atoms with Gasteiger partial charge in [-0.1, -0.05) is 34.6 Å². The van der Waals surface area contributed by atoms with E-state index in [1.165, 1.54) is 0 Å². The van der Waals surface area contributed by atoms with E-state index in [2.05, 4.69) is 43.8 Å². The number of hydrogen-bond donors (Lipinski definition) is 0. The summed E-state index contributed by atoms with van der Waals surface area (Å²) < 4.78 is 1.96. The van der Waals surface area contributed by atoms with Crippen molar-refractivity contribution in [3.8, 4) is 5.69 Å². The molecule has 2 aromatic rings. The van der Waals surface area contributed by atoms with Crippen molar-refractivity contribution >= 4 is 0 Å². The quantitative estimate of drug-likeness (QED) is 0.763. The van der Waals surface area contributed by atoms with Crippen LogP contribution in [0, 0.1) is 6.92 Å². The van der Waals surface area contributed by atoms with Gasteiger partial charge in [0.25, 0.3) is 0 Å². The Bertz CT molecular complexity index is 478. The van der Waals surface area contributed by atoms with Crippen LogP contribution in [0.25, 0.3) is 5.69 Å². The van der Waals surface area contributed by atoms with Crippen LogP contribution in [-0.4, -0.2) is 14.8 Å². The average molecular weight is 245 g/mol. The first kappa shape index (κ1) is 14.4. The van der Waals surface area contributed by atoms with Crippen LogP contribution in [0.4, 0.5) is 0 Å². The summed E-state index contributed by atoms with van der Waals surface area (Å²) in [4.78, 5) is 4.02. The van der Waals surface area contributed by atoms with Crippen LogP contribution in [0.5, 0.6) is 0 Å². The number of hydrogen-bond acceptors (Lipinski definition) is 2. The highest BCUT2D eigenvalue weighted by molar-refractivity contribution is 5.32. The Morgan fingerprint density at radius 2 is 1.61 bits per heavy atom. The second-order valence-electron chi connectivity index (χ2n) is 5.04. The molecule has 2 heterocycles. The Hall–Kier alpha value is -1.64. The van der Waals surface area contributed by atoms with Crippen molar-refractivity contribution in [2.75, 3.05) is 0 Å². The first-order valence-electron chi connectivity index (χ1n) is 6.46. The zero-order valence-electron chi connectivity index (χ0n) is 12.2.